The van der Waals surface area contributed by atoms with Gasteiger partial charge in [-0.2, -0.15) is 0 Å². The number of hydrogen-bond donors (Lipinski definition) is 0. The smallest absolute Gasteiger partial charge is 0.225 e. The van der Waals surface area contributed by atoms with E-state index in [1.807, 2.05) is 28.0 Å². The number of benzene rings is 1. The number of nitrogens with zero attached hydrogens (tertiary/aromatic N) is 2. The van der Waals surface area contributed by atoms with Crippen LogP contribution in [0.15, 0.2) is 30.3 Å². The first-order chi connectivity index (χ1) is 11.9. The Balaban J connectivity index is 1.90. The summed E-state index contributed by atoms with van der Waals surface area (Å²) in [5.41, 5.74) is 1.01. The van der Waals surface area contributed by atoms with Gasteiger partial charge in [0.2, 0.25) is 11.8 Å². The number of hydrogen-bond acceptors (Lipinski definition) is 2. The Kier molecular flexibility index (Phi) is 6.63. The molecule has 0 atom stereocenters. The minimum Gasteiger partial charge on any atom is -0.339 e. The summed E-state index contributed by atoms with van der Waals surface area (Å²) < 4.78 is 0. The van der Waals surface area contributed by atoms with Crippen LogP contribution in [0.4, 0.5) is 0 Å². The van der Waals surface area contributed by atoms with E-state index in [4.69, 9.17) is 0 Å². The van der Waals surface area contributed by atoms with Crippen molar-refractivity contribution in [2.75, 3.05) is 26.2 Å². The van der Waals surface area contributed by atoms with Gasteiger partial charge in [-0.05, 0) is 23.8 Å². The van der Waals surface area contributed by atoms with Crippen LogP contribution < -0.4 is 0 Å². The van der Waals surface area contributed by atoms with Crippen molar-refractivity contribution in [3.05, 3.63) is 35.9 Å². The molecule has 4 nitrogen and oxygen atoms in total. The predicted octanol–water partition coefficient (Wildman–Crippen LogP) is 3.46. The molecule has 1 aliphatic rings. The molecule has 0 bridgehead atoms. The van der Waals surface area contributed by atoms with E-state index in [0.29, 0.717) is 32.6 Å². The first-order valence-electron chi connectivity index (χ1n) is 9.51. The Labute approximate surface area is 152 Å². The fourth-order valence-electron chi connectivity index (χ4n) is 3.55. The van der Waals surface area contributed by atoms with Crippen LogP contribution in [0, 0.1) is 5.92 Å². The van der Waals surface area contributed by atoms with Crippen molar-refractivity contribution >= 4 is 11.8 Å². The second-order valence-electron chi connectivity index (χ2n) is 7.65. The van der Waals surface area contributed by atoms with Crippen molar-refractivity contribution in [1.29, 1.82) is 0 Å². The average Bonchev–Trinajstić information content (AvgIpc) is 2.63. The van der Waals surface area contributed by atoms with Crippen LogP contribution in [0.25, 0.3) is 0 Å². The van der Waals surface area contributed by atoms with Crippen molar-refractivity contribution in [3.63, 3.8) is 0 Å². The van der Waals surface area contributed by atoms with E-state index in [1.165, 1.54) is 5.56 Å². The van der Waals surface area contributed by atoms with E-state index < -0.39 is 0 Å². The molecule has 2 amide bonds. The van der Waals surface area contributed by atoms with Crippen LogP contribution >= 0.6 is 0 Å². The highest BCUT2D eigenvalue weighted by molar-refractivity contribution is 5.80. The molecule has 1 aromatic rings. The number of piperazine rings is 1. The zero-order valence-electron chi connectivity index (χ0n) is 16.1. The summed E-state index contributed by atoms with van der Waals surface area (Å²) in [4.78, 5) is 29.1. The van der Waals surface area contributed by atoms with E-state index >= 15 is 0 Å². The maximum absolute atomic E-state index is 12.7. The van der Waals surface area contributed by atoms with E-state index in [-0.39, 0.29) is 23.1 Å². The first kappa shape index (κ1) is 19.5. The lowest BCUT2D eigenvalue weighted by atomic mass is 9.81. The third-order valence-corrected chi connectivity index (χ3v) is 5.43. The molecule has 2 rings (SSSR count). The number of rotatable bonds is 6. The first-order valence-corrected chi connectivity index (χ1v) is 9.51. The van der Waals surface area contributed by atoms with Crippen molar-refractivity contribution in [1.82, 2.24) is 9.80 Å². The minimum absolute atomic E-state index is 0.124. The molecule has 1 aromatic carbocycles. The van der Waals surface area contributed by atoms with Crippen LogP contribution in [0.1, 0.15) is 52.5 Å². The Bertz CT molecular complexity index is 571. The normalized spacial score (nSPS) is 15.6. The van der Waals surface area contributed by atoms with Crippen molar-refractivity contribution < 1.29 is 9.59 Å². The lowest BCUT2D eigenvalue weighted by molar-refractivity contribution is -0.142. The van der Waals surface area contributed by atoms with Crippen LogP contribution in [-0.2, 0) is 15.0 Å². The second-order valence-corrected chi connectivity index (χ2v) is 7.65. The van der Waals surface area contributed by atoms with Gasteiger partial charge in [0.1, 0.15) is 0 Å². The quantitative estimate of drug-likeness (QED) is 0.793. The summed E-state index contributed by atoms with van der Waals surface area (Å²) in [5, 5.41) is 0. The molecule has 25 heavy (non-hydrogen) atoms. The Hall–Kier alpha value is -1.84. The average molecular weight is 344 g/mol. The molecular weight excluding hydrogens is 312 g/mol. The van der Waals surface area contributed by atoms with Gasteiger partial charge < -0.3 is 9.80 Å². The summed E-state index contributed by atoms with van der Waals surface area (Å²) in [6.07, 6.45) is 2.27. The Morgan fingerprint density at radius 2 is 1.48 bits per heavy atom. The second kappa shape index (κ2) is 8.50. The maximum atomic E-state index is 12.7. The summed E-state index contributed by atoms with van der Waals surface area (Å²) in [7, 11) is 0. The van der Waals surface area contributed by atoms with Crippen LogP contribution in [0.2, 0.25) is 0 Å². The Morgan fingerprint density at radius 1 is 0.960 bits per heavy atom. The van der Waals surface area contributed by atoms with E-state index in [1.54, 1.807) is 0 Å². The van der Waals surface area contributed by atoms with Gasteiger partial charge in [0.15, 0.2) is 0 Å². The summed E-state index contributed by atoms with van der Waals surface area (Å²) >= 11 is 0. The maximum Gasteiger partial charge on any atom is 0.225 e. The molecule has 0 spiro atoms. The van der Waals surface area contributed by atoms with E-state index in [2.05, 4.69) is 39.8 Å². The number of amides is 2. The van der Waals surface area contributed by atoms with Gasteiger partial charge in [-0.3, -0.25) is 9.59 Å². The van der Waals surface area contributed by atoms with Gasteiger partial charge in [-0.1, -0.05) is 58.0 Å². The summed E-state index contributed by atoms with van der Waals surface area (Å²) in [6.45, 7) is 11.0. The van der Waals surface area contributed by atoms with Crippen LogP contribution in [0.5, 0.6) is 0 Å². The van der Waals surface area contributed by atoms with Gasteiger partial charge in [-0.15, -0.1) is 0 Å². The topological polar surface area (TPSA) is 40.6 Å². The minimum atomic E-state index is -0.180. The molecule has 1 saturated heterocycles. The molecule has 1 fully saturated rings. The molecule has 1 heterocycles. The van der Waals surface area contributed by atoms with Gasteiger partial charge in [0.05, 0.1) is 0 Å². The fraction of sp³-hybridized carbons (Fsp3) is 0.619. The fourth-order valence-corrected chi connectivity index (χ4v) is 3.55. The van der Waals surface area contributed by atoms with Crippen molar-refractivity contribution in [2.24, 2.45) is 5.92 Å². The van der Waals surface area contributed by atoms with Gasteiger partial charge in [0, 0.05) is 38.5 Å². The standard InChI is InChI=1S/C21H32N2O2/c1-5-17(6-2)20(25)23-14-12-22(13-15-23)19(24)16-21(3,4)18-10-8-7-9-11-18/h7-11,17H,5-6,12-16H2,1-4H3. The summed E-state index contributed by atoms with van der Waals surface area (Å²) in [6, 6.07) is 10.2. The molecule has 0 N–H and O–H groups in total. The third kappa shape index (κ3) is 4.83. The van der Waals surface area contributed by atoms with Gasteiger partial charge in [-0.25, -0.2) is 0 Å². The molecule has 0 saturated carbocycles. The highest BCUT2D eigenvalue weighted by Gasteiger charge is 2.30. The zero-order valence-corrected chi connectivity index (χ0v) is 16.1. The number of carbonyl (C=O) groups excluding carboxylic acids is 2. The van der Waals surface area contributed by atoms with Crippen LogP contribution in [-0.4, -0.2) is 47.8 Å². The third-order valence-electron chi connectivity index (χ3n) is 5.43. The highest BCUT2D eigenvalue weighted by Crippen LogP contribution is 2.27. The monoisotopic (exact) mass is 344 g/mol. The van der Waals surface area contributed by atoms with E-state index in [0.717, 1.165) is 12.8 Å². The SMILES string of the molecule is CCC(CC)C(=O)N1CCN(C(=O)CC(C)(C)c2ccccc2)CC1. The Morgan fingerprint density at radius 3 is 2.00 bits per heavy atom. The van der Waals surface area contributed by atoms with Crippen LogP contribution in [0.3, 0.4) is 0 Å². The molecule has 0 unspecified atom stereocenters. The number of carbonyl (C=O) groups is 2. The van der Waals surface area contributed by atoms with Crippen molar-refractivity contribution in [2.45, 2.75) is 52.4 Å². The predicted molar refractivity (Wildman–Crippen MR) is 101 cm³/mol. The molecule has 1 aliphatic heterocycles. The lowest BCUT2D eigenvalue weighted by Gasteiger charge is -2.37. The molecule has 4 heteroatoms. The zero-order chi connectivity index (χ0) is 18.4. The largest absolute Gasteiger partial charge is 0.339 e. The molecule has 0 aliphatic carbocycles. The molecule has 0 radical (unpaired) electrons. The lowest BCUT2D eigenvalue weighted by Crippen LogP contribution is -2.52. The highest BCUT2D eigenvalue weighted by atomic mass is 16.2. The van der Waals surface area contributed by atoms with Crippen molar-refractivity contribution in [3.8, 4) is 0 Å². The molecular formula is C21H32N2O2. The molecule has 138 valence electrons. The van der Waals surface area contributed by atoms with Gasteiger partial charge >= 0.3 is 0 Å². The summed E-state index contributed by atoms with van der Waals surface area (Å²) in [5.74, 6) is 0.560. The van der Waals surface area contributed by atoms with Gasteiger partial charge in [0.25, 0.3) is 0 Å². The molecule has 0 aromatic heterocycles. The van der Waals surface area contributed by atoms with E-state index in [9.17, 15) is 9.59 Å².